The number of hydrogen-bond donors (Lipinski definition) is 1. The van der Waals surface area contributed by atoms with Gasteiger partial charge in [-0.15, -0.1) is 16.8 Å². The van der Waals surface area contributed by atoms with Crippen LogP contribution >= 0.6 is 23.4 Å². The summed E-state index contributed by atoms with van der Waals surface area (Å²) in [7, 11) is 1.64. The Morgan fingerprint density at radius 2 is 1.84 bits per heavy atom. The molecule has 0 unspecified atom stereocenters. The number of methoxy groups -OCH3 is 1. The van der Waals surface area contributed by atoms with Crippen molar-refractivity contribution in [2.45, 2.75) is 11.7 Å². The first-order valence-corrected chi connectivity index (χ1v) is 13.2. The Bertz CT molecular complexity index is 1600. The molecule has 5 rings (SSSR count). The normalized spacial score (nSPS) is 10.9. The van der Waals surface area contributed by atoms with Crippen molar-refractivity contribution in [3.05, 3.63) is 96.5 Å². The molecule has 2 heterocycles. The molecule has 0 spiro atoms. The number of carbonyl (C=O) groups is 1. The van der Waals surface area contributed by atoms with Gasteiger partial charge in [-0.05, 0) is 60.7 Å². The second kappa shape index (κ2) is 11.5. The lowest BCUT2D eigenvalue weighted by atomic mass is 10.0. The van der Waals surface area contributed by atoms with Gasteiger partial charge in [-0.3, -0.25) is 9.36 Å². The highest BCUT2D eigenvalue weighted by atomic mass is 35.5. The van der Waals surface area contributed by atoms with E-state index in [2.05, 4.69) is 22.1 Å². The Balaban J connectivity index is 1.47. The average Bonchev–Trinajstić information content (AvgIpc) is 3.35. The molecule has 0 aliphatic heterocycles. The zero-order chi connectivity index (χ0) is 26.5. The zero-order valence-electron chi connectivity index (χ0n) is 20.6. The zero-order valence-corrected chi connectivity index (χ0v) is 22.2. The maximum Gasteiger partial charge on any atom is 0.234 e. The van der Waals surface area contributed by atoms with E-state index in [1.54, 1.807) is 37.5 Å². The average molecular weight is 542 g/mol. The molecule has 1 amide bonds. The molecule has 190 valence electrons. The van der Waals surface area contributed by atoms with Crippen LogP contribution in [-0.4, -0.2) is 38.5 Å². The van der Waals surface area contributed by atoms with Crippen molar-refractivity contribution in [3.8, 4) is 28.4 Å². The van der Waals surface area contributed by atoms with Gasteiger partial charge in [0.1, 0.15) is 5.75 Å². The Morgan fingerprint density at radius 1 is 1.08 bits per heavy atom. The minimum absolute atomic E-state index is 0.150. The quantitative estimate of drug-likeness (QED) is 0.164. The maximum absolute atomic E-state index is 12.6. The van der Waals surface area contributed by atoms with Crippen molar-refractivity contribution in [2.24, 2.45) is 0 Å². The van der Waals surface area contributed by atoms with Crippen molar-refractivity contribution in [2.75, 3.05) is 18.2 Å². The molecule has 0 saturated carbocycles. The number of carbonyl (C=O) groups excluding carboxylic acids is 1. The molecule has 0 saturated heterocycles. The lowest BCUT2D eigenvalue weighted by Crippen LogP contribution is -2.14. The van der Waals surface area contributed by atoms with Crippen LogP contribution in [0.15, 0.2) is 96.7 Å². The lowest BCUT2D eigenvalue weighted by molar-refractivity contribution is -0.113. The summed E-state index contributed by atoms with van der Waals surface area (Å²) < 4.78 is 7.27. The van der Waals surface area contributed by atoms with Gasteiger partial charge in [0, 0.05) is 33.8 Å². The van der Waals surface area contributed by atoms with Gasteiger partial charge in [-0.25, -0.2) is 4.98 Å². The number of halogens is 1. The van der Waals surface area contributed by atoms with Crippen molar-refractivity contribution in [3.63, 3.8) is 0 Å². The number of rotatable bonds is 9. The van der Waals surface area contributed by atoms with Crippen LogP contribution in [0.5, 0.6) is 5.75 Å². The van der Waals surface area contributed by atoms with E-state index in [0.29, 0.717) is 28.2 Å². The van der Waals surface area contributed by atoms with E-state index in [-0.39, 0.29) is 11.7 Å². The molecule has 0 bridgehead atoms. The summed E-state index contributed by atoms with van der Waals surface area (Å²) in [5, 5.41) is 14.0. The number of benzene rings is 3. The van der Waals surface area contributed by atoms with E-state index in [1.165, 1.54) is 11.8 Å². The molecular weight excluding hydrogens is 518 g/mol. The number of amides is 1. The van der Waals surface area contributed by atoms with E-state index in [9.17, 15) is 4.79 Å². The number of allylic oxidation sites excluding steroid dienone is 1. The summed E-state index contributed by atoms with van der Waals surface area (Å²) in [6.45, 7) is 4.40. The number of pyridine rings is 1. The summed E-state index contributed by atoms with van der Waals surface area (Å²) in [6, 6.07) is 24.7. The van der Waals surface area contributed by atoms with Crippen LogP contribution in [-0.2, 0) is 11.3 Å². The molecule has 9 heteroatoms. The molecule has 0 aliphatic rings. The van der Waals surface area contributed by atoms with Crippen molar-refractivity contribution < 1.29 is 9.53 Å². The van der Waals surface area contributed by atoms with Gasteiger partial charge in [0.2, 0.25) is 5.91 Å². The van der Waals surface area contributed by atoms with Crippen molar-refractivity contribution >= 4 is 45.9 Å². The third kappa shape index (κ3) is 5.56. The highest BCUT2D eigenvalue weighted by Crippen LogP contribution is 2.33. The predicted molar refractivity (Wildman–Crippen MR) is 154 cm³/mol. The third-order valence-electron chi connectivity index (χ3n) is 5.83. The number of nitrogens with zero attached hydrogens (tertiary/aromatic N) is 4. The summed E-state index contributed by atoms with van der Waals surface area (Å²) in [4.78, 5) is 17.5. The topological polar surface area (TPSA) is 81.9 Å². The minimum atomic E-state index is -0.150. The van der Waals surface area contributed by atoms with Crippen LogP contribution in [0, 0.1) is 0 Å². The lowest BCUT2D eigenvalue weighted by Gasteiger charge is -2.12. The standard InChI is InChI=1S/C29H24ClN5O2S/c1-3-16-35-28(33-34-29(35)38-18-27(36)31-21-12-10-20(30)11-13-21)24-17-26(19-8-14-22(37-2)15-9-19)32-25-7-5-4-6-23(24)25/h3-15,17H,1,16,18H2,2H3,(H,31,36). The van der Waals surface area contributed by atoms with Crippen LogP contribution in [0.25, 0.3) is 33.5 Å². The van der Waals surface area contributed by atoms with Gasteiger partial charge in [-0.2, -0.15) is 0 Å². The molecule has 3 aromatic carbocycles. The van der Waals surface area contributed by atoms with Crippen LogP contribution in [0.1, 0.15) is 0 Å². The largest absolute Gasteiger partial charge is 0.497 e. The first-order valence-electron chi connectivity index (χ1n) is 11.8. The molecule has 1 N–H and O–H groups in total. The molecule has 5 aromatic rings. The van der Waals surface area contributed by atoms with E-state index < -0.39 is 0 Å². The fourth-order valence-corrected chi connectivity index (χ4v) is 4.89. The molecule has 0 atom stereocenters. The monoisotopic (exact) mass is 541 g/mol. The summed E-state index contributed by atoms with van der Waals surface area (Å²) in [5.41, 5.74) is 4.20. The maximum atomic E-state index is 12.6. The number of aromatic nitrogens is 4. The second-order valence-electron chi connectivity index (χ2n) is 8.35. The van der Waals surface area contributed by atoms with Gasteiger partial charge >= 0.3 is 0 Å². The Hall–Kier alpha value is -4.14. The first-order chi connectivity index (χ1) is 18.6. The molecule has 0 radical (unpaired) electrons. The van der Waals surface area contributed by atoms with E-state index >= 15 is 0 Å². The molecule has 0 aliphatic carbocycles. The van der Waals surface area contributed by atoms with Crippen molar-refractivity contribution in [1.29, 1.82) is 0 Å². The van der Waals surface area contributed by atoms with Crippen molar-refractivity contribution in [1.82, 2.24) is 19.7 Å². The SMILES string of the molecule is C=CCn1c(SCC(=O)Nc2ccc(Cl)cc2)nnc1-c1cc(-c2ccc(OC)cc2)nc2ccccc12. The molecular formula is C29H24ClN5O2S. The van der Waals surface area contributed by atoms with E-state index in [4.69, 9.17) is 21.3 Å². The highest BCUT2D eigenvalue weighted by molar-refractivity contribution is 7.99. The molecule has 2 aromatic heterocycles. The number of ether oxygens (including phenoxy) is 1. The Morgan fingerprint density at radius 3 is 2.58 bits per heavy atom. The van der Waals surface area contributed by atoms with Gasteiger partial charge in [0.15, 0.2) is 11.0 Å². The minimum Gasteiger partial charge on any atom is -0.497 e. The number of para-hydroxylation sites is 1. The Kier molecular flexibility index (Phi) is 7.72. The summed E-state index contributed by atoms with van der Waals surface area (Å²) in [5.74, 6) is 1.48. The van der Waals surface area contributed by atoms with Crippen LogP contribution in [0.3, 0.4) is 0 Å². The molecule has 0 fully saturated rings. The van der Waals surface area contributed by atoms with E-state index in [1.807, 2.05) is 59.2 Å². The fourth-order valence-electron chi connectivity index (χ4n) is 4.02. The van der Waals surface area contributed by atoms with Crippen LogP contribution < -0.4 is 10.1 Å². The molecule has 38 heavy (non-hydrogen) atoms. The van der Waals surface area contributed by atoms with Gasteiger partial charge in [0.05, 0.1) is 24.1 Å². The van der Waals surface area contributed by atoms with Crippen LogP contribution in [0.2, 0.25) is 5.02 Å². The third-order valence-corrected chi connectivity index (χ3v) is 7.05. The molecule has 7 nitrogen and oxygen atoms in total. The Labute approximate surface area is 229 Å². The number of anilines is 1. The van der Waals surface area contributed by atoms with Gasteiger partial charge in [0.25, 0.3) is 0 Å². The van der Waals surface area contributed by atoms with E-state index in [0.717, 1.165) is 33.5 Å². The fraction of sp³-hybridized carbons (Fsp3) is 0.103. The number of nitrogens with one attached hydrogen (secondary N) is 1. The van der Waals surface area contributed by atoms with Gasteiger partial charge < -0.3 is 10.1 Å². The van der Waals surface area contributed by atoms with Crippen LogP contribution in [0.4, 0.5) is 5.69 Å². The second-order valence-corrected chi connectivity index (χ2v) is 9.73. The smallest absolute Gasteiger partial charge is 0.234 e. The number of thioether (sulfide) groups is 1. The number of fused-ring (bicyclic) bond motifs is 1. The first kappa shape index (κ1) is 25.5. The number of hydrogen-bond acceptors (Lipinski definition) is 6. The predicted octanol–water partition coefficient (Wildman–Crippen LogP) is 6.74. The highest BCUT2D eigenvalue weighted by Gasteiger charge is 2.19. The summed E-state index contributed by atoms with van der Waals surface area (Å²) >= 11 is 7.25. The van der Waals surface area contributed by atoms with Gasteiger partial charge in [-0.1, -0.05) is 47.6 Å². The summed E-state index contributed by atoms with van der Waals surface area (Å²) in [6.07, 6.45) is 1.79.